The van der Waals surface area contributed by atoms with Gasteiger partial charge in [0.25, 0.3) is 0 Å². The first-order valence-corrected chi connectivity index (χ1v) is 5.73. The van der Waals surface area contributed by atoms with Crippen molar-refractivity contribution in [3.8, 4) is 12.3 Å². The zero-order chi connectivity index (χ0) is 10.7. The minimum absolute atomic E-state index is 0.0859. The maximum atomic E-state index is 11.5. The van der Waals surface area contributed by atoms with E-state index < -0.39 is 0 Å². The van der Waals surface area contributed by atoms with E-state index in [4.69, 9.17) is 6.42 Å². The van der Waals surface area contributed by atoms with Gasteiger partial charge in [-0.2, -0.15) is 0 Å². The van der Waals surface area contributed by atoms with Crippen LogP contribution >= 0.6 is 0 Å². The van der Waals surface area contributed by atoms with E-state index in [1.165, 1.54) is 25.7 Å². The monoisotopic (exact) mass is 206 g/mol. The van der Waals surface area contributed by atoms with E-state index in [1.807, 2.05) is 0 Å². The molecule has 82 valence electrons. The van der Waals surface area contributed by atoms with Gasteiger partial charge in [0.05, 0.1) is 13.1 Å². The summed E-state index contributed by atoms with van der Waals surface area (Å²) in [5.41, 5.74) is 0. The van der Waals surface area contributed by atoms with Crippen molar-refractivity contribution in [2.75, 3.05) is 13.1 Å². The molecule has 1 amide bonds. The predicted molar refractivity (Wildman–Crippen MR) is 59.1 cm³/mol. The van der Waals surface area contributed by atoms with Crippen LogP contribution in [-0.4, -0.2) is 25.0 Å². The van der Waals surface area contributed by atoms with Gasteiger partial charge in [0.2, 0.25) is 5.91 Å². The number of rotatable bonds is 4. The molecular formula is C12H18N2O. The quantitative estimate of drug-likeness (QED) is 0.520. The van der Waals surface area contributed by atoms with Gasteiger partial charge in [0.15, 0.2) is 0 Å². The van der Waals surface area contributed by atoms with E-state index in [2.05, 4.69) is 16.6 Å². The molecule has 3 unspecified atom stereocenters. The summed E-state index contributed by atoms with van der Waals surface area (Å²) in [6, 6.07) is 0.434. The van der Waals surface area contributed by atoms with Crippen LogP contribution in [-0.2, 0) is 4.79 Å². The molecule has 2 rings (SSSR count). The molecule has 2 fully saturated rings. The third kappa shape index (κ3) is 2.51. The van der Waals surface area contributed by atoms with E-state index in [0.717, 1.165) is 11.8 Å². The Morgan fingerprint density at radius 2 is 2.27 bits per heavy atom. The zero-order valence-electron chi connectivity index (χ0n) is 8.96. The van der Waals surface area contributed by atoms with E-state index in [-0.39, 0.29) is 5.91 Å². The number of nitrogens with one attached hydrogen (secondary N) is 2. The van der Waals surface area contributed by atoms with Crippen molar-refractivity contribution in [2.24, 2.45) is 11.8 Å². The summed E-state index contributed by atoms with van der Waals surface area (Å²) in [6.45, 7) is 0.808. The maximum absolute atomic E-state index is 11.5. The topological polar surface area (TPSA) is 41.1 Å². The lowest BCUT2D eigenvalue weighted by Gasteiger charge is -2.22. The Morgan fingerprint density at radius 1 is 1.40 bits per heavy atom. The average Bonchev–Trinajstić information content (AvgIpc) is 2.79. The normalized spacial score (nSPS) is 32.6. The van der Waals surface area contributed by atoms with Gasteiger partial charge >= 0.3 is 0 Å². The molecule has 2 aliphatic carbocycles. The summed E-state index contributed by atoms with van der Waals surface area (Å²) in [5.74, 6) is 4.15. The van der Waals surface area contributed by atoms with Crippen LogP contribution in [0.2, 0.25) is 0 Å². The van der Waals surface area contributed by atoms with Crippen molar-refractivity contribution in [3.63, 3.8) is 0 Å². The van der Waals surface area contributed by atoms with Crippen LogP contribution in [0.15, 0.2) is 0 Å². The van der Waals surface area contributed by atoms with Crippen molar-refractivity contribution >= 4 is 5.91 Å². The molecule has 2 saturated carbocycles. The fourth-order valence-corrected chi connectivity index (χ4v) is 2.93. The molecule has 0 heterocycles. The number of hydrogen-bond donors (Lipinski definition) is 2. The standard InChI is InChI=1S/C12H18N2O/c1-2-5-13-8-12(15)14-11-7-9-3-4-10(11)6-9/h1,9-11,13H,3-8H2,(H,14,15). The second-order valence-corrected chi connectivity index (χ2v) is 4.66. The first-order chi connectivity index (χ1) is 7.29. The van der Waals surface area contributed by atoms with Gasteiger partial charge in [-0.1, -0.05) is 12.3 Å². The molecule has 0 aromatic carbocycles. The molecule has 15 heavy (non-hydrogen) atoms. The molecule has 2 bridgehead atoms. The Bertz CT molecular complexity index is 282. The van der Waals surface area contributed by atoms with E-state index in [1.54, 1.807) is 0 Å². The molecule has 0 aliphatic heterocycles. The minimum Gasteiger partial charge on any atom is -0.352 e. The zero-order valence-corrected chi connectivity index (χ0v) is 8.96. The van der Waals surface area contributed by atoms with Crippen molar-refractivity contribution in [1.82, 2.24) is 10.6 Å². The molecular weight excluding hydrogens is 188 g/mol. The first-order valence-electron chi connectivity index (χ1n) is 5.73. The lowest BCUT2D eigenvalue weighted by Crippen LogP contribution is -2.42. The fourth-order valence-electron chi connectivity index (χ4n) is 2.93. The highest BCUT2D eigenvalue weighted by molar-refractivity contribution is 5.78. The minimum atomic E-state index is 0.0859. The third-order valence-corrected chi connectivity index (χ3v) is 3.60. The number of carbonyl (C=O) groups is 1. The predicted octanol–water partition coefficient (Wildman–Crippen LogP) is 0.514. The van der Waals surface area contributed by atoms with Gasteiger partial charge in [0.1, 0.15) is 0 Å². The Balaban J connectivity index is 1.69. The van der Waals surface area contributed by atoms with Gasteiger partial charge in [-0.3, -0.25) is 10.1 Å². The van der Waals surface area contributed by atoms with Crippen molar-refractivity contribution in [1.29, 1.82) is 0 Å². The van der Waals surface area contributed by atoms with Gasteiger partial charge in [-0.05, 0) is 31.1 Å². The Labute approximate surface area is 91.0 Å². The molecule has 0 radical (unpaired) electrons. The number of amides is 1. The fraction of sp³-hybridized carbons (Fsp3) is 0.750. The molecule has 2 N–H and O–H groups in total. The second-order valence-electron chi connectivity index (χ2n) is 4.66. The smallest absolute Gasteiger partial charge is 0.234 e. The van der Waals surface area contributed by atoms with Crippen molar-refractivity contribution in [2.45, 2.75) is 31.7 Å². The van der Waals surface area contributed by atoms with Crippen LogP contribution in [0.1, 0.15) is 25.7 Å². The summed E-state index contributed by atoms with van der Waals surface area (Å²) in [4.78, 5) is 11.5. The SMILES string of the molecule is C#CCNCC(=O)NC1CC2CCC1C2. The molecule has 0 aromatic rings. The highest BCUT2D eigenvalue weighted by atomic mass is 16.1. The van der Waals surface area contributed by atoms with E-state index >= 15 is 0 Å². The molecule has 0 saturated heterocycles. The van der Waals surface area contributed by atoms with Crippen molar-refractivity contribution in [3.05, 3.63) is 0 Å². The molecule has 3 heteroatoms. The maximum Gasteiger partial charge on any atom is 0.234 e. The van der Waals surface area contributed by atoms with Crippen LogP contribution in [0, 0.1) is 24.2 Å². The van der Waals surface area contributed by atoms with Gasteiger partial charge in [0, 0.05) is 6.04 Å². The molecule has 2 aliphatic rings. The van der Waals surface area contributed by atoms with Crippen LogP contribution in [0.3, 0.4) is 0 Å². The lowest BCUT2D eigenvalue weighted by molar-refractivity contribution is -0.121. The lowest BCUT2D eigenvalue weighted by atomic mass is 9.95. The molecule has 0 spiro atoms. The van der Waals surface area contributed by atoms with Gasteiger partial charge < -0.3 is 5.32 Å². The summed E-state index contributed by atoms with van der Waals surface area (Å²) in [6.07, 6.45) is 10.3. The second kappa shape index (κ2) is 4.67. The number of hydrogen-bond acceptors (Lipinski definition) is 2. The van der Waals surface area contributed by atoms with Gasteiger partial charge in [-0.25, -0.2) is 0 Å². The Morgan fingerprint density at radius 3 is 2.87 bits per heavy atom. The van der Waals surface area contributed by atoms with Crippen LogP contribution in [0.4, 0.5) is 0 Å². The first kappa shape index (κ1) is 10.5. The number of carbonyl (C=O) groups excluding carboxylic acids is 1. The number of terminal acetylenes is 1. The van der Waals surface area contributed by atoms with Crippen LogP contribution in [0.25, 0.3) is 0 Å². The summed E-state index contributed by atoms with van der Waals surface area (Å²) in [7, 11) is 0. The summed E-state index contributed by atoms with van der Waals surface area (Å²) < 4.78 is 0. The van der Waals surface area contributed by atoms with Crippen LogP contribution in [0.5, 0.6) is 0 Å². The van der Waals surface area contributed by atoms with E-state index in [9.17, 15) is 4.79 Å². The highest BCUT2D eigenvalue weighted by Gasteiger charge is 2.39. The summed E-state index contributed by atoms with van der Waals surface area (Å²) in [5, 5.41) is 6.00. The number of fused-ring (bicyclic) bond motifs is 2. The Kier molecular flexibility index (Phi) is 3.27. The van der Waals surface area contributed by atoms with Crippen molar-refractivity contribution < 1.29 is 4.79 Å². The average molecular weight is 206 g/mol. The largest absolute Gasteiger partial charge is 0.352 e. The highest BCUT2D eigenvalue weighted by Crippen LogP contribution is 2.44. The summed E-state index contributed by atoms with van der Waals surface area (Å²) >= 11 is 0. The third-order valence-electron chi connectivity index (χ3n) is 3.60. The van der Waals surface area contributed by atoms with Gasteiger partial charge in [-0.15, -0.1) is 6.42 Å². The Hall–Kier alpha value is -1.01. The molecule has 3 atom stereocenters. The van der Waals surface area contributed by atoms with E-state index in [0.29, 0.717) is 19.1 Å². The van der Waals surface area contributed by atoms with Crippen LogP contribution < -0.4 is 10.6 Å². The molecule has 3 nitrogen and oxygen atoms in total. The molecule has 0 aromatic heterocycles.